The smallest absolute Gasteiger partial charge is 0.412 e. The zero-order chi connectivity index (χ0) is 16.7. The Labute approximate surface area is 132 Å². The third kappa shape index (κ3) is 5.06. The Hall–Kier alpha value is -2.04. The van der Waals surface area contributed by atoms with Crippen molar-refractivity contribution in [3.05, 3.63) is 29.3 Å². The zero-order valence-corrected chi connectivity index (χ0v) is 13.9. The number of rotatable bonds is 6. The van der Waals surface area contributed by atoms with Crippen LogP contribution in [0.2, 0.25) is 0 Å². The second kappa shape index (κ2) is 8.41. The highest BCUT2D eigenvalue weighted by Crippen LogP contribution is 2.32. The summed E-state index contributed by atoms with van der Waals surface area (Å²) in [5.74, 6) is -0.0306. The highest BCUT2D eigenvalue weighted by atomic mass is 16.6. The molecule has 1 N–H and O–H groups in total. The van der Waals surface area contributed by atoms with Crippen molar-refractivity contribution in [2.45, 2.75) is 46.5 Å². The van der Waals surface area contributed by atoms with Gasteiger partial charge in [-0.25, -0.2) is 9.59 Å². The second-order valence-corrected chi connectivity index (χ2v) is 5.63. The number of hydrogen-bond donors (Lipinski definition) is 1. The molecule has 0 aliphatic carbocycles. The normalized spacial score (nSPS) is 10.7. The summed E-state index contributed by atoms with van der Waals surface area (Å²) in [4.78, 5) is 23.2. The Kier molecular flexibility index (Phi) is 6.89. The summed E-state index contributed by atoms with van der Waals surface area (Å²) in [5.41, 5.74) is 2.85. The first kappa shape index (κ1) is 18.0. The Morgan fingerprint density at radius 2 is 1.59 bits per heavy atom. The van der Waals surface area contributed by atoms with Crippen LogP contribution in [-0.4, -0.2) is 25.3 Å². The average Bonchev–Trinajstić information content (AvgIpc) is 2.45. The minimum absolute atomic E-state index is 0.261. The molecule has 122 valence electrons. The maximum Gasteiger partial charge on any atom is 0.412 e. The number of para-hydroxylation sites is 1. The molecular formula is C17H25NO4. The molecule has 0 unspecified atom stereocenters. The molecule has 0 spiro atoms. The first-order valence-electron chi connectivity index (χ1n) is 7.59. The molecule has 22 heavy (non-hydrogen) atoms. The van der Waals surface area contributed by atoms with Crippen LogP contribution in [0, 0.1) is 0 Å². The van der Waals surface area contributed by atoms with E-state index < -0.39 is 12.1 Å². The third-order valence-corrected chi connectivity index (χ3v) is 3.23. The summed E-state index contributed by atoms with van der Waals surface area (Å²) in [6, 6.07) is 5.95. The van der Waals surface area contributed by atoms with Crippen molar-refractivity contribution in [2.75, 3.05) is 18.5 Å². The second-order valence-electron chi connectivity index (χ2n) is 5.63. The van der Waals surface area contributed by atoms with Crippen LogP contribution in [-0.2, 0) is 14.3 Å². The maximum absolute atomic E-state index is 11.9. The number of esters is 1. The summed E-state index contributed by atoms with van der Waals surface area (Å²) < 4.78 is 9.63. The number of carbonyl (C=O) groups is 2. The summed E-state index contributed by atoms with van der Waals surface area (Å²) in [6.07, 6.45) is -0.650. The van der Waals surface area contributed by atoms with E-state index in [0.29, 0.717) is 0 Å². The van der Waals surface area contributed by atoms with E-state index in [1.54, 1.807) is 6.92 Å². The molecule has 0 saturated carbocycles. The number of amides is 1. The van der Waals surface area contributed by atoms with E-state index in [1.807, 2.05) is 18.2 Å². The van der Waals surface area contributed by atoms with E-state index >= 15 is 0 Å². The van der Waals surface area contributed by atoms with Gasteiger partial charge in [0.2, 0.25) is 0 Å². The third-order valence-electron chi connectivity index (χ3n) is 3.23. The molecule has 0 fully saturated rings. The van der Waals surface area contributed by atoms with Gasteiger partial charge in [-0.05, 0) is 29.9 Å². The summed E-state index contributed by atoms with van der Waals surface area (Å²) in [5, 5.41) is 2.77. The number of benzene rings is 1. The fourth-order valence-electron chi connectivity index (χ4n) is 2.16. The van der Waals surface area contributed by atoms with Crippen LogP contribution in [0.5, 0.6) is 0 Å². The molecule has 0 heterocycles. The van der Waals surface area contributed by atoms with Gasteiger partial charge in [0.1, 0.15) is 0 Å². The first-order chi connectivity index (χ1) is 10.4. The van der Waals surface area contributed by atoms with Gasteiger partial charge >= 0.3 is 12.1 Å². The lowest BCUT2D eigenvalue weighted by molar-refractivity contribution is -0.146. The number of carbonyl (C=O) groups excluding carboxylic acids is 2. The largest absolute Gasteiger partial charge is 0.463 e. The monoisotopic (exact) mass is 307 g/mol. The van der Waals surface area contributed by atoms with Crippen molar-refractivity contribution in [1.82, 2.24) is 0 Å². The van der Waals surface area contributed by atoms with Gasteiger partial charge in [0.15, 0.2) is 6.61 Å². The first-order valence-corrected chi connectivity index (χ1v) is 7.59. The Balaban J connectivity index is 2.86. The zero-order valence-electron chi connectivity index (χ0n) is 13.9. The summed E-state index contributed by atoms with van der Waals surface area (Å²) >= 11 is 0. The standard InChI is InChI=1S/C17H25NO4/c1-6-21-15(19)10-22-17(20)18-16-13(11(2)3)8-7-9-14(16)12(4)5/h7-9,11-12H,6,10H2,1-5H3,(H,18,20). The molecule has 1 amide bonds. The average molecular weight is 307 g/mol. The van der Waals surface area contributed by atoms with Crippen LogP contribution in [0.1, 0.15) is 57.6 Å². The van der Waals surface area contributed by atoms with Gasteiger partial charge in [-0.3, -0.25) is 5.32 Å². The van der Waals surface area contributed by atoms with Gasteiger partial charge in [-0.2, -0.15) is 0 Å². The van der Waals surface area contributed by atoms with Crippen LogP contribution in [0.3, 0.4) is 0 Å². The highest BCUT2D eigenvalue weighted by Gasteiger charge is 2.17. The molecule has 0 aliphatic rings. The van der Waals surface area contributed by atoms with Crippen molar-refractivity contribution in [3.8, 4) is 0 Å². The fraction of sp³-hybridized carbons (Fsp3) is 0.529. The van der Waals surface area contributed by atoms with E-state index in [1.165, 1.54) is 0 Å². The van der Waals surface area contributed by atoms with Crippen molar-refractivity contribution in [2.24, 2.45) is 0 Å². The molecule has 5 nitrogen and oxygen atoms in total. The number of hydrogen-bond acceptors (Lipinski definition) is 4. The quantitative estimate of drug-likeness (QED) is 0.805. The summed E-state index contributed by atoms with van der Waals surface area (Å²) in [7, 11) is 0. The fourth-order valence-corrected chi connectivity index (χ4v) is 2.16. The van der Waals surface area contributed by atoms with Crippen molar-refractivity contribution in [3.63, 3.8) is 0 Å². The predicted molar refractivity (Wildman–Crippen MR) is 86.2 cm³/mol. The Morgan fingerprint density at radius 1 is 1.05 bits per heavy atom. The van der Waals surface area contributed by atoms with Gasteiger partial charge in [-0.15, -0.1) is 0 Å². The molecule has 0 radical (unpaired) electrons. The molecule has 1 aromatic rings. The molecule has 1 aromatic carbocycles. The SMILES string of the molecule is CCOC(=O)COC(=O)Nc1c(C(C)C)cccc1C(C)C. The summed E-state index contributed by atoms with van der Waals surface area (Å²) in [6.45, 7) is 9.83. The Bertz CT molecular complexity index is 497. The van der Waals surface area contributed by atoms with Crippen LogP contribution in [0.15, 0.2) is 18.2 Å². The van der Waals surface area contributed by atoms with Gasteiger partial charge in [0, 0.05) is 0 Å². The number of nitrogens with one attached hydrogen (secondary N) is 1. The van der Waals surface area contributed by atoms with Crippen LogP contribution in [0.25, 0.3) is 0 Å². The minimum Gasteiger partial charge on any atom is -0.463 e. The lowest BCUT2D eigenvalue weighted by Crippen LogP contribution is -2.21. The van der Waals surface area contributed by atoms with Gasteiger partial charge in [0.25, 0.3) is 0 Å². The molecule has 0 saturated heterocycles. The van der Waals surface area contributed by atoms with Crippen LogP contribution < -0.4 is 5.32 Å². The maximum atomic E-state index is 11.9. The predicted octanol–water partition coefficient (Wildman–Crippen LogP) is 4.05. The Morgan fingerprint density at radius 3 is 2.05 bits per heavy atom. The molecular weight excluding hydrogens is 282 g/mol. The molecule has 0 aromatic heterocycles. The van der Waals surface area contributed by atoms with E-state index in [4.69, 9.17) is 9.47 Å². The van der Waals surface area contributed by atoms with E-state index in [2.05, 4.69) is 33.0 Å². The van der Waals surface area contributed by atoms with E-state index in [9.17, 15) is 9.59 Å². The van der Waals surface area contributed by atoms with Gasteiger partial charge in [-0.1, -0.05) is 45.9 Å². The van der Waals surface area contributed by atoms with E-state index in [-0.39, 0.29) is 25.0 Å². The van der Waals surface area contributed by atoms with Crippen LogP contribution >= 0.6 is 0 Å². The lowest BCUT2D eigenvalue weighted by Gasteiger charge is -2.19. The van der Waals surface area contributed by atoms with Crippen molar-refractivity contribution < 1.29 is 19.1 Å². The molecule has 1 rings (SSSR count). The van der Waals surface area contributed by atoms with E-state index in [0.717, 1.165) is 16.8 Å². The highest BCUT2D eigenvalue weighted by molar-refractivity contribution is 5.88. The topological polar surface area (TPSA) is 64.6 Å². The van der Waals surface area contributed by atoms with Gasteiger partial charge < -0.3 is 9.47 Å². The number of ether oxygens (including phenoxy) is 2. The van der Waals surface area contributed by atoms with Crippen LogP contribution in [0.4, 0.5) is 10.5 Å². The molecule has 0 bridgehead atoms. The number of anilines is 1. The van der Waals surface area contributed by atoms with Crippen molar-refractivity contribution in [1.29, 1.82) is 0 Å². The molecule has 5 heteroatoms. The van der Waals surface area contributed by atoms with Gasteiger partial charge in [0.05, 0.1) is 12.3 Å². The molecule has 0 aliphatic heterocycles. The van der Waals surface area contributed by atoms with Crippen molar-refractivity contribution >= 4 is 17.7 Å². The minimum atomic E-state index is -0.650. The lowest BCUT2D eigenvalue weighted by atomic mass is 9.93. The molecule has 0 atom stereocenters.